The fraction of sp³-hybridized carbons (Fsp3) is 0.200. The number of anilines is 1. The van der Waals surface area contributed by atoms with Crippen molar-refractivity contribution in [2.24, 2.45) is 0 Å². The van der Waals surface area contributed by atoms with E-state index >= 15 is 0 Å². The maximum atomic E-state index is 12.5. The van der Waals surface area contributed by atoms with E-state index in [0.29, 0.717) is 11.4 Å². The lowest BCUT2D eigenvalue weighted by Crippen LogP contribution is -2.10. The molecule has 0 radical (unpaired) electrons. The Morgan fingerprint density at radius 1 is 0.955 bits per heavy atom. The lowest BCUT2D eigenvalue weighted by atomic mass is 10.2. The largest absolute Gasteiger partial charge is 0.490 e. The molecule has 2 N–H and O–H groups in total. The van der Waals surface area contributed by atoms with Crippen LogP contribution in [0.5, 0.6) is 11.5 Å². The first-order valence-electron chi connectivity index (χ1n) is 6.34. The van der Waals surface area contributed by atoms with Crippen LogP contribution in [0.15, 0.2) is 42.5 Å². The Morgan fingerprint density at radius 2 is 1.59 bits per heavy atom. The molecule has 3 nitrogen and oxygen atoms in total. The highest BCUT2D eigenvalue weighted by Crippen LogP contribution is 2.34. The fourth-order valence-electron chi connectivity index (χ4n) is 1.67. The molecule has 2 aromatic rings. The van der Waals surface area contributed by atoms with Crippen LogP contribution in [0.2, 0.25) is 5.02 Å². The topological polar surface area (TPSA) is 44.5 Å². The summed E-state index contributed by atoms with van der Waals surface area (Å²) in [5, 5.41) is -0.0951. The van der Waals surface area contributed by atoms with E-state index in [0.717, 1.165) is 12.1 Å². The number of alkyl halides is 3. The molecule has 7 heteroatoms. The number of hydrogen-bond acceptors (Lipinski definition) is 3. The van der Waals surface area contributed by atoms with Crippen LogP contribution in [0.3, 0.4) is 0 Å². The van der Waals surface area contributed by atoms with Gasteiger partial charge in [-0.1, -0.05) is 11.6 Å². The van der Waals surface area contributed by atoms with E-state index in [1.807, 2.05) is 0 Å². The number of nitrogens with two attached hydrogens (primary N) is 1. The van der Waals surface area contributed by atoms with Gasteiger partial charge in [0.25, 0.3) is 0 Å². The third kappa shape index (κ3) is 4.46. The van der Waals surface area contributed by atoms with E-state index in [-0.39, 0.29) is 24.0 Å². The first-order chi connectivity index (χ1) is 10.4. The molecule has 118 valence electrons. The Morgan fingerprint density at radius 3 is 2.18 bits per heavy atom. The number of nitrogen functional groups attached to an aromatic ring is 1. The minimum absolute atomic E-state index is 0.0951. The highest BCUT2D eigenvalue weighted by molar-refractivity contribution is 6.32. The molecule has 0 saturated carbocycles. The molecule has 0 unspecified atom stereocenters. The van der Waals surface area contributed by atoms with E-state index in [4.69, 9.17) is 26.8 Å². The summed E-state index contributed by atoms with van der Waals surface area (Å²) in [4.78, 5) is 0. The molecule has 0 bridgehead atoms. The summed E-state index contributed by atoms with van der Waals surface area (Å²) in [7, 11) is 0. The molecule has 0 heterocycles. The SMILES string of the molecule is Nc1ccc(OCCOc2ccc(C(F)(F)F)cc2Cl)cc1. The van der Waals surface area contributed by atoms with E-state index in [9.17, 15) is 13.2 Å². The lowest BCUT2D eigenvalue weighted by molar-refractivity contribution is -0.137. The third-order valence-corrected chi connectivity index (χ3v) is 3.04. The van der Waals surface area contributed by atoms with Crippen molar-refractivity contribution >= 4 is 17.3 Å². The van der Waals surface area contributed by atoms with Crippen molar-refractivity contribution in [2.75, 3.05) is 18.9 Å². The van der Waals surface area contributed by atoms with Crippen molar-refractivity contribution in [3.8, 4) is 11.5 Å². The van der Waals surface area contributed by atoms with Crippen molar-refractivity contribution in [1.29, 1.82) is 0 Å². The van der Waals surface area contributed by atoms with Gasteiger partial charge >= 0.3 is 6.18 Å². The maximum absolute atomic E-state index is 12.5. The van der Waals surface area contributed by atoms with Gasteiger partial charge in [-0.05, 0) is 42.5 Å². The Hall–Kier alpha value is -2.08. The maximum Gasteiger partial charge on any atom is 0.416 e. The summed E-state index contributed by atoms with van der Waals surface area (Å²) >= 11 is 5.77. The molecule has 0 spiro atoms. The smallest absolute Gasteiger partial charge is 0.416 e. The van der Waals surface area contributed by atoms with Gasteiger partial charge in [-0.25, -0.2) is 0 Å². The normalized spacial score (nSPS) is 11.3. The zero-order chi connectivity index (χ0) is 16.2. The number of halogens is 4. The molecule has 0 saturated heterocycles. The fourth-order valence-corrected chi connectivity index (χ4v) is 1.90. The molecule has 0 atom stereocenters. The summed E-state index contributed by atoms with van der Waals surface area (Å²) in [5.74, 6) is 0.798. The van der Waals surface area contributed by atoms with Crippen LogP contribution in [0.1, 0.15) is 5.56 Å². The molecule has 0 aliphatic rings. The first kappa shape index (κ1) is 16.3. The predicted octanol–water partition coefficient (Wildman–Crippen LogP) is 4.40. The van der Waals surface area contributed by atoms with Gasteiger partial charge < -0.3 is 15.2 Å². The summed E-state index contributed by atoms with van der Waals surface area (Å²) in [6.45, 7) is 0.372. The molecule has 0 aliphatic heterocycles. The number of benzene rings is 2. The van der Waals surface area contributed by atoms with Crippen LogP contribution < -0.4 is 15.2 Å². The zero-order valence-electron chi connectivity index (χ0n) is 11.4. The van der Waals surface area contributed by atoms with Gasteiger partial charge in [0, 0.05) is 5.69 Å². The van der Waals surface area contributed by atoms with Crippen LogP contribution in [0.25, 0.3) is 0 Å². The molecule has 2 aromatic carbocycles. The summed E-state index contributed by atoms with van der Waals surface area (Å²) in [6, 6.07) is 9.75. The Labute approximate surface area is 130 Å². The minimum atomic E-state index is -4.43. The van der Waals surface area contributed by atoms with Crippen LogP contribution in [-0.2, 0) is 6.18 Å². The van der Waals surface area contributed by atoms with Crippen molar-refractivity contribution < 1.29 is 22.6 Å². The second-order valence-corrected chi connectivity index (χ2v) is 4.82. The lowest BCUT2D eigenvalue weighted by Gasteiger charge is -2.12. The Kier molecular flexibility index (Phi) is 5.03. The number of ether oxygens (including phenoxy) is 2. The minimum Gasteiger partial charge on any atom is -0.490 e. The first-order valence-corrected chi connectivity index (χ1v) is 6.72. The van der Waals surface area contributed by atoms with Crippen LogP contribution in [0, 0.1) is 0 Å². The summed E-state index contributed by atoms with van der Waals surface area (Å²) in [6.07, 6.45) is -4.43. The number of hydrogen-bond donors (Lipinski definition) is 1. The third-order valence-electron chi connectivity index (χ3n) is 2.75. The van der Waals surface area contributed by atoms with Crippen LogP contribution >= 0.6 is 11.6 Å². The average Bonchev–Trinajstić information content (AvgIpc) is 2.45. The average molecular weight is 332 g/mol. The molecular formula is C15H13ClF3NO2. The van der Waals surface area contributed by atoms with Crippen molar-refractivity contribution in [3.05, 3.63) is 53.1 Å². The zero-order valence-corrected chi connectivity index (χ0v) is 12.1. The molecule has 0 aliphatic carbocycles. The summed E-state index contributed by atoms with van der Waals surface area (Å²) in [5.41, 5.74) is 5.35. The molecule has 0 aromatic heterocycles. The highest BCUT2D eigenvalue weighted by atomic mass is 35.5. The van der Waals surface area contributed by atoms with Crippen molar-refractivity contribution in [1.82, 2.24) is 0 Å². The molecule has 0 amide bonds. The molecule has 0 fully saturated rings. The Bertz CT molecular complexity index is 630. The standard InChI is InChI=1S/C15H13ClF3NO2/c16-13-9-10(15(17,18)19)1-6-14(13)22-8-7-21-12-4-2-11(20)3-5-12/h1-6,9H,7-8,20H2. The van der Waals surface area contributed by atoms with Crippen molar-refractivity contribution in [3.63, 3.8) is 0 Å². The number of rotatable bonds is 5. The Balaban J connectivity index is 1.85. The second kappa shape index (κ2) is 6.79. The van der Waals surface area contributed by atoms with Gasteiger partial charge in [-0.3, -0.25) is 0 Å². The van der Waals surface area contributed by atoms with Gasteiger partial charge in [0.2, 0.25) is 0 Å². The monoisotopic (exact) mass is 331 g/mol. The van der Waals surface area contributed by atoms with E-state index < -0.39 is 11.7 Å². The van der Waals surface area contributed by atoms with E-state index in [2.05, 4.69) is 0 Å². The van der Waals surface area contributed by atoms with Gasteiger partial charge in [-0.15, -0.1) is 0 Å². The van der Waals surface area contributed by atoms with Crippen LogP contribution in [-0.4, -0.2) is 13.2 Å². The van der Waals surface area contributed by atoms with Gasteiger partial charge in [0.15, 0.2) is 0 Å². The quantitative estimate of drug-likeness (QED) is 0.652. The molecular weight excluding hydrogens is 319 g/mol. The predicted molar refractivity (Wildman–Crippen MR) is 78.3 cm³/mol. The molecule has 2 rings (SSSR count). The molecule has 22 heavy (non-hydrogen) atoms. The summed E-state index contributed by atoms with van der Waals surface area (Å²) < 4.78 is 48.2. The van der Waals surface area contributed by atoms with Gasteiger partial charge in [-0.2, -0.15) is 13.2 Å². The van der Waals surface area contributed by atoms with Crippen molar-refractivity contribution in [2.45, 2.75) is 6.18 Å². The van der Waals surface area contributed by atoms with E-state index in [1.165, 1.54) is 6.07 Å². The van der Waals surface area contributed by atoms with Gasteiger partial charge in [0.05, 0.1) is 10.6 Å². The van der Waals surface area contributed by atoms with E-state index in [1.54, 1.807) is 24.3 Å². The van der Waals surface area contributed by atoms with Crippen LogP contribution in [0.4, 0.5) is 18.9 Å². The second-order valence-electron chi connectivity index (χ2n) is 4.41. The highest BCUT2D eigenvalue weighted by Gasteiger charge is 2.31. The van der Waals surface area contributed by atoms with Gasteiger partial charge in [0.1, 0.15) is 24.7 Å².